The second-order valence-electron chi connectivity index (χ2n) is 1.08. The van der Waals surface area contributed by atoms with Crippen LogP contribution in [0.5, 0.6) is 0 Å². The summed E-state index contributed by atoms with van der Waals surface area (Å²) >= 11 is 4.76. The molecule has 0 spiro atoms. The van der Waals surface area contributed by atoms with Crippen LogP contribution in [0.25, 0.3) is 0 Å². The van der Waals surface area contributed by atoms with E-state index < -0.39 is 12.2 Å². The third kappa shape index (κ3) is 59.9. The largest absolute Gasteiger partial charge is 0.334 e. The van der Waals surface area contributed by atoms with Gasteiger partial charge in [0.05, 0.1) is 0 Å². The molecule has 0 saturated heterocycles. The smallest absolute Gasteiger partial charge is 0.167 e. The van der Waals surface area contributed by atoms with Crippen LogP contribution in [-0.4, -0.2) is 0 Å². The summed E-state index contributed by atoms with van der Waals surface area (Å²) in [4.78, 5) is 0. The number of halogens is 5. The molecular formula is C7H9ClF4. The van der Waals surface area contributed by atoms with Gasteiger partial charge in [-0.2, -0.15) is 17.6 Å². The first-order chi connectivity index (χ1) is 5.47. The summed E-state index contributed by atoms with van der Waals surface area (Å²) in [5.74, 6) is 0. The van der Waals surface area contributed by atoms with E-state index in [1.54, 1.807) is 6.08 Å². The van der Waals surface area contributed by atoms with Crippen molar-refractivity contribution in [2.45, 2.75) is 6.92 Å². The Morgan fingerprint density at radius 2 is 1.17 bits per heavy atom. The minimum atomic E-state index is -2.91. The summed E-state index contributed by atoms with van der Waals surface area (Å²) < 4.78 is 41.1. The summed E-state index contributed by atoms with van der Waals surface area (Å²) in [6.45, 7) is 8.38. The van der Waals surface area contributed by atoms with E-state index >= 15 is 0 Å². The van der Waals surface area contributed by atoms with Crippen molar-refractivity contribution in [1.29, 1.82) is 0 Å². The molecule has 5 heteroatoms. The summed E-state index contributed by atoms with van der Waals surface area (Å²) in [6.07, 6.45) is -4.06. The third-order valence-electron chi connectivity index (χ3n) is 0.143. The molecule has 0 rings (SSSR count). The molecule has 0 unspecified atom stereocenters. The normalized spacial score (nSPS) is 6.17. The molecule has 0 aliphatic heterocycles. The number of hydrogen-bond acceptors (Lipinski definition) is 0. The van der Waals surface area contributed by atoms with Crippen molar-refractivity contribution in [2.24, 2.45) is 0 Å². The van der Waals surface area contributed by atoms with Crippen molar-refractivity contribution < 1.29 is 17.6 Å². The Bertz CT molecular complexity index is 118. The molecule has 12 heavy (non-hydrogen) atoms. The lowest BCUT2D eigenvalue weighted by Crippen LogP contribution is -1.56. The lowest BCUT2D eigenvalue weighted by atomic mass is 10.8. The molecule has 0 radical (unpaired) electrons. The van der Waals surface area contributed by atoms with E-state index in [1.807, 2.05) is 6.92 Å². The van der Waals surface area contributed by atoms with Gasteiger partial charge in [-0.05, 0) is 12.5 Å². The molecule has 0 amide bonds. The highest BCUT2D eigenvalue weighted by molar-refractivity contribution is 6.25. The number of allylic oxidation sites excluding steroid dienone is 1. The third-order valence-corrected chi connectivity index (χ3v) is 0.143. The molecule has 0 bridgehead atoms. The Morgan fingerprint density at radius 1 is 1.08 bits per heavy atom. The Kier molecular flexibility index (Phi) is 24.1. The maximum absolute atomic E-state index is 10.3. The van der Waals surface area contributed by atoms with E-state index in [2.05, 4.69) is 13.2 Å². The molecule has 0 fully saturated rings. The molecule has 0 nitrogen and oxygen atoms in total. The maximum Gasteiger partial charge on any atom is 0.334 e. The standard InChI is InChI=1S/C3H6.C2H3Cl.C2F4/c1-3-2;1-2-3;3-1(4)2(5)6/h3H,1H2,2H3;2H,1H2;. The molecule has 0 aromatic carbocycles. The minimum Gasteiger partial charge on any atom is -0.167 e. The first kappa shape index (κ1) is 17.4. The zero-order chi connectivity index (χ0) is 10.6. The number of hydrogen-bond donors (Lipinski definition) is 0. The predicted molar refractivity (Wildman–Crippen MR) is 43.4 cm³/mol. The maximum atomic E-state index is 10.3. The Balaban J connectivity index is -0.000000115. The summed E-state index contributed by atoms with van der Waals surface area (Å²) in [7, 11) is 0. The number of rotatable bonds is 0. The fraction of sp³-hybridized carbons (Fsp3) is 0.143. The van der Waals surface area contributed by atoms with Crippen LogP contribution < -0.4 is 0 Å². The van der Waals surface area contributed by atoms with Gasteiger partial charge in [-0.25, -0.2) is 0 Å². The predicted octanol–water partition coefficient (Wildman–Crippen LogP) is 4.55. The summed E-state index contributed by atoms with van der Waals surface area (Å²) in [6, 6.07) is 0. The van der Waals surface area contributed by atoms with E-state index in [0.29, 0.717) is 0 Å². The Hall–Kier alpha value is -0.770. The summed E-state index contributed by atoms with van der Waals surface area (Å²) in [5, 5.41) is 0. The van der Waals surface area contributed by atoms with Crippen molar-refractivity contribution in [3.8, 4) is 0 Å². The highest BCUT2D eigenvalue weighted by Gasteiger charge is 1.98. The van der Waals surface area contributed by atoms with Gasteiger partial charge in [0.15, 0.2) is 0 Å². The van der Waals surface area contributed by atoms with Gasteiger partial charge in [0.2, 0.25) is 0 Å². The molecular weight excluding hydrogens is 196 g/mol. The molecule has 0 atom stereocenters. The van der Waals surface area contributed by atoms with Gasteiger partial charge in [-0.1, -0.05) is 24.3 Å². The molecule has 0 aliphatic rings. The molecule has 72 valence electrons. The van der Waals surface area contributed by atoms with Crippen molar-refractivity contribution in [1.82, 2.24) is 0 Å². The zero-order valence-electron chi connectivity index (χ0n) is 6.46. The van der Waals surface area contributed by atoms with Crippen LogP contribution in [0.1, 0.15) is 6.92 Å². The van der Waals surface area contributed by atoms with Crippen LogP contribution in [0.3, 0.4) is 0 Å². The van der Waals surface area contributed by atoms with Gasteiger partial charge in [0, 0.05) is 0 Å². The highest BCUT2D eigenvalue weighted by atomic mass is 35.5. The van der Waals surface area contributed by atoms with Crippen LogP contribution in [-0.2, 0) is 0 Å². The van der Waals surface area contributed by atoms with Crippen LogP contribution in [0.2, 0.25) is 0 Å². The highest BCUT2D eigenvalue weighted by Crippen LogP contribution is 2.08. The second-order valence-corrected chi connectivity index (χ2v) is 1.39. The van der Waals surface area contributed by atoms with Gasteiger partial charge >= 0.3 is 12.2 Å². The topological polar surface area (TPSA) is 0 Å². The molecule has 0 aromatic rings. The van der Waals surface area contributed by atoms with Gasteiger partial charge in [-0.3, -0.25) is 0 Å². The van der Waals surface area contributed by atoms with Crippen LogP contribution >= 0.6 is 11.6 Å². The molecule has 0 aromatic heterocycles. The Labute approximate surface area is 73.8 Å². The van der Waals surface area contributed by atoms with Crippen molar-refractivity contribution in [3.63, 3.8) is 0 Å². The summed E-state index contributed by atoms with van der Waals surface area (Å²) in [5.41, 5.74) is 1.22. The van der Waals surface area contributed by atoms with Crippen molar-refractivity contribution >= 4 is 11.6 Å². The molecule has 0 aliphatic carbocycles. The second kappa shape index (κ2) is 16.7. The zero-order valence-corrected chi connectivity index (χ0v) is 7.21. The van der Waals surface area contributed by atoms with Crippen LogP contribution in [0, 0.1) is 0 Å². The quantitative estimate of drug-likeness (QED) is 0.401. The van der Waals surface area contributed by atoms with E-state index in [9.17, 15) is 17.6 Å². The van der Waals surface area contributed by atoms with Crippen molar-refractivity contribution in [3.05, 3.63) is 36.9 Å². The molecule has 0 N–H and O–H groups in total. The molecule has 0 saturated carbocycles. The van der Waals surface area contributed by atoms with Gasteiger partial charge in [0.25, 0.3) is 0 Å². The van der Waals surface area contributed by atoms with Gasteiger partial charge in [0.1, 0.15) is 0 Å². The van der Waals surface area contributed by atoms with E-state index in [1.165, 1.54) is 5.54 Å². The lowest BCUT2D eigenvalue weighted by molar-refractivity contribution is 0.308. The lowest BCUT2D eigenvalue weighted by Gasteiger charge is -1.69. The van der Waals surface area contributed by atoms with E-state index in [-0.39, 0.29) is 0 Å². The van der Waals surface area contributed by atoms with Gasteiger partial charge in [-0.15, -0.1) is 6.58 Å². The van der Waals surface area contributed by atoms with E-state index in [0.717, 1.165) is 0 Å². The first-order valence-corrected chi connectivity index (χ1v) is 3.05. The van der Waals surface area contributed by atoms with Gasteiger partial charge < -0.3 is 0 Å². The first-order valence-electron chi connectivity index (χ1n) is 2.62. The SMILES string of the molecule is C=CC.C=CCl.FC(F)=C(F)F. The van der Waals surface area contributed by atoms with Crippen molar-refractivity contribution in [2.75, 3.05) is 0 Å². The monoisotopic (exact) mass is 204 g/mol. The van der Waals surface area contributed by atoms with Crippen LogP contribution in [0.15, 0.2) is 36.9 Å². The molecule has 0 heterocycles. The van der Waals surface area contributed by atoms with E-state index in [4.69, 9.17) is 11.6 Å². The minimum absolute atomic E-state index is 1.22. The average Bonchev–Trinajstić information content (AvgIpc) is 1.90. The fourth-order valence-corrected chi connectivity index (χ4v) is 0. The fourth-order valence-electron chi connectivity index (χ4n) is 0. The average molecular weight is 205 g/mol. The van der Waals surface area contributed by atoms with Crippen LogP contribution in [0.4, 0.5) is 17.6 Å². The Morgan fingerprint density at radius 3 is 1.17 bits per heavy atom.